The molecule has 2 rings (SSSR count). The standard InChI is InChI=1S/C14H20N2OS/c1-16(2)8-7-15-13(9-17)12-10-18-14-6-4-3-5-11(12)14/h3-6,10,13,15,17H,7-9H2,1-2H3. The number of hydrogen-bond donors (Lipinski definition) is 2. The van der Waals surface area contributed by atoms with Gasteiger partial charge in [-0.05, 0) is 36.5 Å². The summed E-state index contributed by atoms with van der Waals surface area (Å²) in [5.41, 5.74) is 1.21. The minimum atomic E-state index is 0.0288. The number of aliphatic hydroxyl groups excluding tert-OH is 1. The Hall–Kier alpha value is -0.940. The first-order valence-electron chi connectivity index (χ1n) is 6.17. The van der Waals surface area contributed by atoms with Crippen LogP contribution in [0.4, 0.5) is 0 Å². The van der Waals surface area contributed by atoms with Crippen molar-refractivity contribution in [3.63, 3.8) is 0 Å². The molecule has 18 heavy (non-hydrogen) atoms. The molecule has 0 bridgehead atoms. The molecular weight excluding hydrogens is 244 g/mol. The van der Waals surface area contributed by atoms with Gasteiger partial charge >= 0.3 is 0 Å². The maximum atomic E-state index is 9.55. The largest absolute Gasteiger partial charge is 0.394 e. The Morgan fingerprint density at radius 1 is 1.33 bits per heavy atom. The van der Waals surface area contributed by atoms with Gasteiger partial charge in [0.1, 0.15) is 0 Å². The topological polar surface area (TPSA) is 35.5 Å². The lowest BCUT2D eigenvalue weighted by Crippen LogP contribution is -2.31. The lowest BCUT2D eigenvalue weighted by Gasteiger charge is -2.17. The zero-order valence-corrected chi connectivity index (χ0v) is 11.7. The Labute approximate surface area is 112 Å². The van der Waals surface area contributed by atoms with Gasteiger partial charge in [0.05, 0.1) is 12.6 Å². The van der Waals surface area contributed by atoms with Crippen molar-refractivity contribution in [1.82, 2.24) is 10.2 Å². The third-order valence-corrected chi connectivity index (χ3v) is 4.00. The smallest absolute Gasteiger partial charge is 0.0627 e. The second-order valence-electron chi connectivity index (χ2n) is 4.68. The van der Waals surface area contributed by atoms with E-state index in [4.69, 9.17) is 0 Å². The van der Waals surface area contributed by atoms with Crippen LogP contribution in [0.5, 0.6) is 0 Å². The molecule has 0 amide bonds. The summed E-state index contributed by atoms with van der Waals surface area (Å²) in [6.45, 7) is 1.98. The molecule has 1 aromatic heterocycles. The Morgan fingerprint density at radius 3 is 2.83 bits per heavy atom. The van der Waals surface area contributed by atoms with Crippen LogP contribution in [0.3, 0.4) is 0 Å². The van der Waals surface area contributed by atoms with E-state index in [-0.39, 0.29) is 12.6 Å². The van der Waals surface area contributed by atoms with Crippen LogP contribution in [0.15, 0.2) is 29.6 Å². The molecule has 1 aromatic carbocycles. The molecule has 0 aliphatic carbocycles. The fourth-order valence-electron chi connectivity index (χ4n) is 2.00. The van der Waals surface area contributed by atoms with Crippen molar-refractivity contribution in [1.29, 1.82) is 0 Å². The average Bonchev–Trinajstić information content (AvgIpc) is 2.78. The first kappa shape index (κ1) is 13.5. The summed E-state index contributed by atoms with van der Waals surface area (Å²) in [5, 5.41) is 16.4. The summed E-state index contributed by atoms with van der Waals surface area (Å²) in [5.74, 6) is 0. The first-order valence-corrected chi connectivity index (χ1v) is 7.05. The highest BCUT2D eigenvalue weighted by atomic mass is 32.1. The number of hydrogen-bond acceptors (Lipinski definition) is 4. The van der Waals surface area contributed by atoms with Crippen molar-refractivity contribution < 1.29 is 5.11 Å². The summed E-state index contributed by atoms with van der Waals surface area (Å²) in [7, 11) is 4.10. The van der Waals surface area contributed by atoms with E-state index in [0.717, 1.165) is 13.1 Å². The number of benzene rings is 1. The molecule has 0 saturated heterocycles. The summed E-state index contributed by atoms with van der Waals surface area (Å²) >= 11 is 1.74. The second-order valence-corrected chi connectivity index (χ2v) is 5.59. The maximum Gasteiger partial charge on any atom is 0.0627 e. The van der Waals surface area contributed by atoms with E-state index < -0.39 is 0 Å². The van der Waals surface area contributed by atoms with Gasteiger partial charge in [-0.1, -0.05) is 18.2 Å². The molecular formula is C14H20N2OS. The van der Waals surface area contributed by atoms with Crippen molar-refractivity contribution >= 4 is 21.4 Å². The number of rotatable bonds is 6. The number of nitrogens with one attached hydrogen (secondary N) is 1. The van der Waals surface area contributed by atoms with E-state index in [0.29, 0.717) is 0 Å². The Kier molecular flexibility index (Phi) is 4.72. The van der Waals surface area contributed by atoms with Gasteiger partial charge in [0.2, 0.25) is 0 Å². The van der Waals surface area contributed by atoms with Gasteiger partial charge < -0.3 is 15.3 Å². The van der Waals surface area contributed by atoms with Crippen molar-refractivity contribution in [3.8, 4) is 0 Å². The Bertz CT molecular complexity index is 495. The SMILES string of the molecule is CN(C)CCNC(CO)c1csc2ccccc12. The second kappa shape index (κ2) is 6.29. The summed E-state index contributed by atoms with van der Waals surface area (Å²) in [6, 6.07) is 8.37. The fraction of sp³-hybridized carbons (Fsp3) is 0.429. The normalized spacial score (nSPS) is 13.3. The van der Waals surface area contributed by atoms with Gasteiger partial charge in [0, 0.05) is 17.8 Å². The monoisotopic (exact) mass is 264 g/mol. The van der Waals surface area contributed by atoms with Crippen LogP contribution in [-0.2, 0) is 0 Å². The van der Waals surface area contributed by atoms with Crippen molar-refractivity contribution in [2.45, 2.75) is 6.04 Å². The number of nitrogens with zero attached hydrogens (tertiary/aromatic N) is 1. The molecule has 0 radical (unpaired) electrons. The summed E-state index contributed by atoms with van der Waals surface area (Å²) in [4.78, 5) is 2.13. The molecule has 4 heteroatoms. The van der Waals surface area contributed by atoms with E-state index in [1.54, 1.807) is 11.3 Å². The van der Waals surface area contributed by atoms with E-state index in [9.17, 15) is 5.11 Å². The van der Waals surface area contributed by atoms with Crippen LogP contribution in [0, 0.1) is 0 Å². The zero-order chi connectivity index (χ0) is 13.0. The minimum Gasteiger partial charge on any atom is -0.394 e. The number of aliphatic hydroxyl groups is 1. The molecule has 0 spiro atoms. The van der Waals surface area contributed by atoms with Crippen molar-refractivity contribution in [2.24, 2.45) is 0 Å². The van der Waals surface area contributed by atoms with Crippen molar-refractivity contribution in [3.05, 3.63) is 35.2 Å². The predicted octanol–water partition coefficient (Wildman–Crippen LogP) is 2.09. The van der Waals surface area contributed by atoms with Crippen LogP contribution in [-0.4, -0.2) is 43.8 Å². The molecule has 0 fully saturated rings. The van der Waals surface area contributed by atoms with Gasteiger partial charge in [-0.3, -0.25) is 0 Å². The number of thiophene rings is 1. The highest BCUT2D eigenvalue weighted by Crippen LogP contribution is 2.29. The highest BCUT2D eigenvalue weighted by Gasteiger charge is 2.14. The molecule has 1 heterocycles. The van der Waals surface area contributed by atoms with E-state index >= 15 is 0 Å². The molecule has 3 nitrogen and oxygen atoms in total. The molecule has 1 atom stereocenters. The number of fused-ring (bicyclic) bond motifs is 1. The van der Waals surface area contributed by atoms with Crippen LogP contribution in [0.2, 0.25) is 0 Å². The molecule has 98 valence electrons. The van der Waals surface area contributed by atoms with Gasteiger partial charge in [0.15, 0.2) is 0 Å². The third kappa shape index (κ3) is 3.09. The van der Waals surface area contributed by atoms with Crippen LogP contribution in [0.1, 0.15) is 11.6 Å². The predicted molar refractivity (Wildman–Crippen MR) is 78.2 cm³/mol. The average molecular weight is 264 g/mol. The Morgan fingerprint density at radius 2 is 2.11 bits per heavy atom. The lowest BCUT2D eigenvalue weighted by atomic mass is 10.1. The van der Waals surface area contributed by atoms with Gasteiger partial charge in [-0.25, -0.2) is 0 Å². The number of likely N-dealkylation sites (N-methyl/N-ethyl adjacent to an activating group) is 1. The van der Waals surface area contributed by atoms with Crippen LogP contribution >= 0.6 is 11.3 Å². The van der Waals surface area contributed by atoms with Gasteiger partial charge in [0.25, 0.3) is 0 Å². The first-order chi connectivity index (χ1) is 8.72. The molecule has 0 aliphatic heterocycles. The van der Waals surface area contributed by atoms with E-state index in [1.807, 2.05) is 6.07 Å². The van der Waals surface area contributed by atoms with Crippen molar-refractivity contribution in [2.75, 3.05) is 33.8 Å². The van der Waals surface area contributed by atoms with E-state index in [2.05, 4.69) is 47.9 Å². The van der Waals surface area contributed by atoms with Crippen LogP contribution in [0.25, 0.3) is 10.1 Å². The zero-order valence-electron chi connectivity index (χ0n) is 10.9. The van der Waals surface area contributed by atoms with E-state index in [1.165, 1.54) is 15.6 Å². The fourth-order valence-corrected chi connectivity index (χ4v) is 3.02. The van der Waals surface area contributed by atoms with Gasteiger partial charge in [-0.2, -0.15) is 0 Å². The lowest BCUT2D eigenvalue weighted by molar-refractivity contribution is 0.241. The highest BCUT2D eigenvalue weighted by molar-refractivity contribution is 7.17. The third-order valence-electron chi connectivity index (χ3n) is 3.02. The Balaban J connectivity index is 2.12. The summed E-state index contributed by atoms with van der Waals surface area (Å²) < 4.78 is 1.28. The van der Waals surface area contributed by atoms with Gasteiger partial charge in [-0.15, -0.1) is 11.3 Å². The summed E-state index contributed by atoms with van der Waals surface area (Å²) in [6.07, 6.45) is 0. The molecule has 2 N–H and O–H groups in total. The molecule has 1 unspecified atom stereocenters. The minimum absolute atomic E-state index is 0.0288. The van der Waals surface area contributed by atoms with Crippen LogP contribution < -0.4 is 5.32 Å². The molecule has 0 aliphatic rings. The quantitative estimate of drug-likeness (QED) is 0.838. The molecule has 0 saturated carbocycles. The molecule has 2 aromatic rings. The maximum absolute atomic E-state index is 9.55.